The van der Waals surface area contributed by atoms with Crippen LogP contribution in [0.4, 0.5) is 5.95 Å². The Hall–Kier alpha value is -1.36. The average molecular weight is 194 g/mol. The van der Waals surface area contributed by atoms with Crippen LogP contribution in [0.25, 0.3) is 0 Å². The van der Waals surface area contributed by atoms with Crippen molar-refractivity contribution >= 4 is 5.95 Å². The molecule has 1 saturated heterocycles. The van der Waals surface area contributed by atoms with Gasteiger partial charge in [-0.25, -0.2) is 9.97 Å². The van der Waals surface area contributed by atoms with Crippen molar-refractivity contribution in [3.05, 3.63) is 12.4 Å². The van der Waals surface area contributed by atoms with Crippen LogP contribution in [0, 0.1) is 0 Å². The summed E-state index contributed by atoms with van der Waals surface area (Å²) in [6.07, 6.45) is 3.96. The molecule has 0 atom stereocenters. The molecule has 1 aromatic heterocycles. The molecule has 1 fully saturated rings. The molecular weight excluding hydrogens is 180 g/mol. The highest BCUT2D eigenvalue weighted by Gasteiger charge is 2.11. The third-order valence-corrected chi connectivity index (χ3v) is 2.25. The Bertz CT molecular complexity index is 279. The summed E-state index contributed by atoms with van der Waals surface area (Å²) in [4.78, 5) is 10.3. The number of anilines is 1. The van der Waals surface area contributed by atoms with Crippen LogP contribution in [0.3, 0.4) is 0 Å². The SMILES string of the molecule is Oc1cnc(N2CCCNCC2)nc1. The van der Waals surface area contributed by atoms with Gasteiger partial charge in [-0.05, 0) is 13.0 Å². The molecule has 0 amide bonds. The molecule has 0 radical (unpaired) electrons. The van der Waals surface area contributed by atoms with Crippen LogP contribution < -0.4 is 10.2 Å². The Labute approximate surface area is 82.8 Å². The zero-order valence-corrected chi connectivity index (χ0v) is 7.98. The molecule has 2 rings (SSSR count). The summed E-state index contributed by atoms with van der Waals surface area (Å²) in [5, 5.41) is 12.4. The zero-order valence-electron chi connectivity index (χ0n) is 7.98. The second-order valence-electron chi connectivity index (χ2n) is 3.33. The summed E-state index contributed by atoms with van der Waals surface area (Å²) >= 11 is 0. The van der Waals surface area contributed by atoms with Crippen molar-refractivity contribution in [2.24, 2.45) is 0 Å². The molecule has 2 N–H and O–H groups in total. The molecule has 0 aromatic carbocycles. The van der Waals surface area contributed by atoms with Crippen molar-refractivity contribution in [2.75, 3.05) is 31.1 Å². The van der Waals surface area contributed by atoms with E-state index in [-0.39, 0.29) is 5.75 Å². The molecule has 0 saturated carbocycles. The molecule has 5 heteroatoms. The number of hydrogen-bond donors (Lipinski definition) is 2. The zero-order chi connectivity index (χ0) is 9.80. The van der Waals surface area contributed by atoms with Crippen molar-refractivity contribution in [3.8, 4) is 5.75 Å². The minimum absolute atomic E-state index is 0.113. The minimum Gasteiger partial charge on any atom is -0.505 e. The predicted octanol–water partition coefficient (Wildman–Crippen LogP) is -0.0181. The first-order valence-electron chi connectivity index (χ1n) is 4.83. The lowest BCUT2D eigenvalue weighted by atomic mass is 10.4. The van der Waals surface area contributed by atoms with Crippen molar-refractivity contribution < 1.29 is 5.11 Å². The van der Waals surface area contributed by atoms with Crippen molar-refractivity contribution in [1.82, 2.24) is 15.3 Å². The van der Waals surface area contributed by atoms with E-state index in [0.717, 1.165) is 32.6 Å². The predicted molar refractivity (Wildman–Crippen MR) is 53.4 cm³/mol. The maximum absolute atomic E-state index is 9.05. The van der Waals surface area contributed by atoms with Gasteiger partial charge >= 0.3 is 0 Å². The largest absolute Gasteiger partial charge is 0.505 e. The van der Waals surface area contributed by atoms with E-state index >= 15 is 0 Å². The van der Waals surface area contributed by atoms with Crippen LogP contribution in [0.2, 0.25) is 0 Å². The summed E-state index contributed by atoms with van der Waals surface area (Å²) in [5.41, 5.74) is 0. The molecule has 0 bridgehead atoms. The topological polar surface area (TPSA) is 61.3 Å². The molecule has 0 spiro atoms. The fraction of sp³-hybridized carbons (Fsp3) is 0.556. The van der Waals surface area contributed by atoms with Crippen LogP contribution in [0.1, 0.15) is 6.42 Å². The molecule has 1 aliphatic rings. The van der Waals surface area contributed by atoms with Crippen molar-refractivity contribution in [1.29, 1.82) is 0 Å². The Morgan fingerprint density at radius 1 is 1.21 bits per heavy atom. The van der Waals surface area contributed by atoms with E-state index in [9.17, 15) is 0 Å². The lowest BCUT2D eigenvalue weighted by Gasteiger charge is -2.19. The lowest BCUT2D eigenvalue weighted by Crippen LogP contribution is -2.29. The van der Waals surface area contributed by atoms with Gasteiger partial charge in [0.15, 0.2) is 5.75 Å². The fourth-order valence-electron chi connectivity index (χ4n) is 1.52. The molecule has 0 aliphatic carbocycles. The van der Waals surface area contributed by atoms with E-state index in [1.54, 1.807) is 0 Å². The van der Waals surface area contributed by atoms with Gasteiger partial charge in [0.25, 0.3) is 0 Å². The highest BCUT2D eigenvalue weighted by molar-refractivity contribution is 5.31. The van der Waals surface area contributed by atoms with E-state index in [4.69, 9.17) is 5.11 Å². The Balaban J connectivity index is 2.08. The molecule has 2 heterocycles. The molecule has 0 unspecified atom stereocenters. The van der Waals surface area contributed by atoms with E-state index in [1.807, 2.05) is 0 Å². The summed E-state index contributed by atoms with van der Waals surface area (Å²) in [6, 6.07) is 0. The first kappa shape index (κ1) is 9.21. The maximum Gasteiger partial charge on any atom is 0.225 e. The molecular formula is C9H14N4O. The number of aromatic nitrogens is 2. The smallest absolute Gasteiger partial charge is 0.225 e. The van der Waals surface area contributed by atoms with Crippen LogP contribution >= 0.6 is 0 Å². The van der Waals surface area contributed by atoms with Gasteiger partial charge in [0, 0.05) is 19.6 Å². The first-order valence-corrected chi connectivity index (χ1v) is 4.83. The molecule has 5 nitrogen and oxygen atoms in total. The number of aromatic hydroxyl groups is 1. The van der Waals surface area contributed by atoms with Crippen molar-refractivity contribution in [3.63, 3.8) is 0 Å². The molecule has 76 valence electrons. The standard InChI is InChI=1S/C9H14N4O/c14-8-6-11-9(12-7-8)13-4-1-2-10-3-5-13/h6-7,10,14H,1-5H2. The second-order valence-corrected chi connectivity index (χ2v) is 3.33. The quantitative estimate of drug-likeness (QED) is 0.658. The van der Waals surface area contributed by atoms with E-state index in [0.29, 0.717) is 5.95 Å². The van der Waals surface area contributed by atoms with E-state index in [1.165, 1.54) is 12.4 Å². The van der Waals surface area contributed by atoms with Gasteiger partial charge in [-0.1, -0.05) is 0 Å². The molecule has 14 heavy (non-hydrogen) atoms. The van der Waals surface area contributed by atoms with Crippen LogP contribution in [-0.2, 0) is 0 Å². The minimum atomic E-state index is 0.113. The van der Waals surface area contributed by atoms with Crippen LogP contribution in [0.5, 0.6) is 5.75 Å². The summed E-state index contributed by atoms with van der Waals surface area (Å²) in [5.74, 6) is 0.813. The highest BCUT2D eigenvalue weighted by atomic mass is 16.3. The number of hydrogen-bond acceptors (Lipinski definition) is 5. The number of nitrogens with zero attached hydrogens (tertiary/aromatic N) is 3. The van der Waals surface area contributed by atoms with Gasteiger partial charge in [0.05, 0.1) is 12.4 Å². The highest BCUT2D eigenvalue weighted by Crippen LogP contribution is 2.10. The third kappa shape index (κ3) is 2.11. The van der Waals surface area contributed by atoms with Gasteiger partial charge in [-0.15, -0.1) is 0 Å². The maximum atomic E-state index is 9.05. The number of nitrogens with one attached hydrogen (secondary N) is 1. The molecule has 1 aliphatic heterocycles. The Morgan fingerprint density at radius 3 is 2.79 bits per heavy atom. The van der Waals surface area contributed by atoms with E-state index < -0.39 is 0 Å². The monoisotopic (exact) mass is 194 g/mol. The third-order valence-electron chi connectivity index (χ3n) is 2.25. The summed E-state index contributed by atoms with van der Waals surface area (Å²) in [6.45, 7) is 3.90. The van der Waals surface area contributed by atoms with Crippen molar-refractivity contribution in [2.45, 2.75) is 6.42 Å². The summed E-state index contributed by atoms with van der Waals surface area (Å²) < 4.78 is 0. The average Bonchev–Trinajstić information content (AvgIpc) is 2.47. The Kier molecular flexibility index (Phi) is 2.78. The second kappa shape index (κ2) is 4.23. The van der Waals surface area contributed by atoms with Crippen LogP contribution in [-0.4, -0.2) is 41.3 Å². The first-order chi connectivity index (χ1) is 6.86. The van der Waals surface area contributed by atoms with Gasteiger partial charge in [0.1, 0.15) is 0 Å². The molecule has 1 aromatic rings. The summed E-state index contributed by atoms with van der Waals surface area (Å²) in [7, 11) is 0. The van der Waals surface area contributed by atoms with Crippen LogP contribution in [0.15, 0.2) is 12.4 Å². The van der Waals surface area contributed by atoms with Gasteiger partial charge in [-0.3, -0.25) is 0 Å². The number of rotatable bonds is 1. The van der Waals surface area contributed by atoms with E-state index in [2.05, 4.69) is 20.2 Å². The lowest BCUT2D eigenvalue weighted by molar-refractivity contribution is 0.469. The van der Waals surface area contributed by atoms with Gasteiger partial charge in [-0.2, -0.15) is 0 Å². The fourth-order valence-corrected chi connectivity index (χ4v) is 1.52. The van der Waals surface area contributed by atoms with Gasteiger partial charge < -0.3 is 15.3 Å². The van der Waals surface area contributed by atoms with Gasteiger partial charge in [0.2, 0.25) is 5.95 Å². The normalized spacial score (nSPS) is 17.9. The Morgan fingerprint density at radius 2 is 2.00 bits per heavy atom.